The molecule has 0 unspecified atom stereocenters. The number of carbonyl (C=O) groups is 2. The lowest BCUT2D eigenvalue weighted by Gasteiger charge is -2.42. The van der Waals surface area contributed by atoms with E-state index in [1.807, 2.05) is 12.1 Å². The lowest BCUT2D eigenvalue weighted by molar-refractivity contribution is -0.140. The number of rotatable bonds is 6. The molecule has 2 aromatic carbocycles. The van der Waals surface area contributed by atoms with Crippen LogP contribution in [-0.2, 0) is 27.6 Å². The molecule has 0 bridgehead atoms. The summed E-state index contributed by atoms with van der Waals surface area (Å²) in [5.74, 6) is 0.584. The van der Waals surface area contributed by atoms with E-state index in [1.54, 1.807) is 19.1 Å². The summed E-state index contributed by atoms with van der Waals surface area (Å²) in [5.41, 5.74) is 1.09. The molecule has 2 amide bonds. The minimum atomic E-state index is -3.47. The highest BCUT2D eigenvalue weighted by Gasteiger charge is 2.44. The first kappa shape index (κ1) is 26.2. The van der Waals surface area contributed by atoms with Gasteiger partial charge in [-0.2, -0.15) is 0 Å². The van der Waals surface area contributed by atoms with E-state index < -0.39 is 21.3 Å². The highest BCUT2D eigenvalue weighted by atomic mass is 35.5. The number of halogens is 1. The van der Waals surface area contributed by atoms with Gasteiger partial charge in [0.05, 0.1) is 29.7 Å². The Morgan fingerprint density at radius 1 is 1.06 bits per heavy atom. The second kappa shape index (κ2) is 10.3. The van der Waals surface area contributed by atoms with E-state index in [4.69, 9.17) is 21.1 Å². The Balaban J connectivity index is 1.59. The normalized spacial score (nSPS) is 17.2. The summed E-state index contributed by atoms with van der Waals surface area (Å²) in [4.78, 5) is 29.0. The third-order valence-electron chi connectivity index (χ3n) is 6.84. The Hall–Kier alpha value is -2.82. The van der Waals surface area contributed by atoms with Crippen molar-refractivity contribution in [1.82, 2.24) is 15.5 Å². The first-order chi connectivity index (χ1) is 17.1. The fourth-order valence-electron chi connectivity index (χ4n) is 4.80. The maximum atomic E-state index is 13.9. The van der Waals surface area contributed by atoms with Gasteiger partial charge in [0.1, 0.15) is 5.54 Å². The number of amides is 2. The van der Waals surface area contributed by atoms with E-state index in [2.05, 4.69) is 10.6 Å². The minimum Gasteiger partial charge on any atom is -0.493 e. The van der Waals surface area contributed by atoms with Crippen molar-refractivity contribution in [1.29, 1.82) is 0 Å². The van der Waals surface area contributed by atoms with Crippen molar-refractivity contribution < 1.29 is 27.5 Å². The molecule has 9 nitrogen and oxygen atoms in total. The Morgan fingerprint density at radius 3 is 2.28 bits per heavy atom. The largest absolute Gasteiger partial charge is 0.493 e. The molecule has 2 heterocycles. The first-order valence-electron chi connectivity index (χ1n) is 11.6. The van der Waals surface area contributed by atoms with E-state index >= 15 is 0 Å². The maximum Gasteiger partial charge on any atom is 0.253 e. The van der Waals surface area contributed by atoms with Gasteiger partial charge in [-0.05, 0) is 73.8 Å². The van der Waals surface area contributed by atoms with Crippen LogP contribution >= 0.6 is 11.6 Å². The monoisotopic (exact) mass is 535 g/mol. The molecular formula is C25H30ClN3O6S. The van der Waals surface area contributed by atoms with Crippen LogP contribution in [-0.4, -0.2) is 70.8 Å². The van der Waals surface area contributed by atoms with Crippen LogP contribution in [0.4, 0.5) is 0 Å². The highest BCUT2D eigenvalue weighted by Crippen LogP contribution is 2.34. The summed E-state index contributed by atoms with van der Waals surface area (Å²) in [6.45, 7) is 2.05. The molecule has 2 aliphatic rings. The van der Waals surface area contributed by atoms with E-state index in [1.165, 1.54) is 18.2 Å². The number of methoxy groups -OCH3 is 2. The van der Waals surface area contributed by atoms with E-state index in [0.29, 0.717) is 56.9 Å². The molecule has 36 heavy (non-hydrogen) atoms. The zero-order valence-corrected chi connectivity index (χ0v) is 22.1. The number of benzene rings is 2. The van der Waals surface area contributed by atoms with Gasteiger partial charge in [0.25, 0.3) is 5.91 Å². The van der Waals surface area contributed by atoms with Crippen LogP contribution in [0.15, 0.2) is 35.2 Å². The average Bonchev–Trinajstić information content (AvgIpc) is 2.86. The molecule has 0 aliphatic carbocycles. The number of nitrogens with one attached hydrogen (secondary N) is 2. The topological polar surface area (TPSA) is 114 Å². The summed E-state index contributed by atoms with van der Waals surface area (Å²) in [6, 6.07) is 7.82. The molecule has 4 rings (SSSR count). The molecule has 0 saturated carbocycles. The van der Waals surface area contributed by atoms with Crippen LogP contribution in [0.1, 0.15) is 34.3 Å². The van der Waals surface area contributed by atoms with Crippen molar-refractivity contribution in [3.8, 4) is 11.5 Å². The summed E-state index contributed by atoms with van der Waals surface area (Å²) in [5, 5.41) is 6.22. The number of fused-ring (bicyclic) bond motifs is 1. The van der Waals surface area contributed by atoms with Gasteiger partial charge in [-0.3, -0.25) is 9.59 Å². The summed E-state index contributed by atoms with van der Waals surface area (Å²) in [6.07, 6.45) is 2.57. The Bertz CT molecular complexity index is 1290. The lowest BCUT2D eigenvalue weighted by Crippen LogP contribution is -2.63. The van der Waals surface area contributed by atoms with E-state index in [-0.39, 0.29) is 21.4 Å². The van der Waals surface area contributed by atoms with Crippen molar-refractivity contribution in [3.63, 3.8) is 0 Å². The van der Waals surface area contributed by atoms with Crippen molar-refractivity contribution >= 4 is 33.3 Å². The van der Waals surface area contributed by atoms with Crippen molar-refractivity contribution in [2.75, 3.05) is 40.1 Å². The van der Waals surface area contributed by atoms with E-state index in [0.717, 1.165) is 17.4 Å². The molecule has 2 N–H and O–H groups in total. The van der Waals surface area contributed by atoms with Crippen LogP contribution in [0.3, 0.4) is 0 Å². The summed E-state index contributed by atoms with van der Waals surface area (Å²) < 4.78 is 34.5. The van der Waals surface area contributed by atoms with Gasteiger partial charge in [-0.1, -0.05) is 11.6 Å². The van der Waals surface area contributed by atoms with Crippen LogP contribution in [0.25, 0.3) is 0 Å². The van der Waals surface area contributed by atoms with Crippen LogP contribution in [0, 0.1) is 0 Å². The second-order valence-corrected chi connectivity index (χ2v) is 11.6. The van der Waals surface area contributed by atoms with Crippen LogP contribution in [0.2, 0.25) is 5.02 Å². The van der Waals surface area contributed by atoms with Gasteiger partial charge in [-0.15, -0.1) is 0 Å². The number of carbonyl (C=O) groups excluding carboxylic acids is 2. The molecule has 0 aromatic heterocycles. The van der Waals surface area contributed by atoms with Crippen LogP contribution < -0.4 is 20.1 Å². The van der Waals surface area contributed by atoms with E-state index in [9.17, 15) is 18.0 Å². The molecule has 0 spiro atoms. The zero-order valence-electron chi connectivity index (χ0n) is 20.5. The number of hydrogen-bond donors (Lipinski definition) is 2. The Labute approximate surface area is 216 Å². The van der Waals surface area contributed by atoms with Gasteiger partial charge < -0.3 is 25.0 Å². The van der Waals surface area contributed by atoms with Gasteiger partial charge >= 0.3 is 0 Å². The summed E-state index contributed by atoms with van der Waals surface area (Å²) >= 11 is 6.28. The Kier molecular flexibility index (Phi) is 7.49. The van der Waals surface area contributed by atoms with Crippen molar-refractivity contribution in [2.24, 2.45) is 0 Å². The van der Waals surface area contributed by atoms with Crippen LogP contribution in [0.5, 0.6) is 11.5 Å². The molecule has 0 radical (unpaired) electrons. The van der Waals surface area contributed by atoms with Crippen molar-refractivity contribution in [2.45, 2.75) is 36.2 Å². The van der Waals surface area contributed by atoms with Gasteiger partial charge in [0, 0.05) is 19.3 Å². The van der Waals surface area contributed by atoms with Gasteiger partial charge in [0.15, 0.2) is 21.3 Å². The molecule has 0 atom stereocenters. The number of piperidine rings is 1. The number of nitrogens with zero attached hydrogens (tertiary/aromatic N) is 1. The quantitative estimate of drug-likeness (QED) is 0.583. The van der Waals surface area contributed by atoms with Crippen molar-refractivity contribution in [3.05, 3.63) is 52.0 Å². The predicted molar refractivity (Wildman–Crippen MR) is 136 cm³/mol. The second-order valence-electron chi connectivity index (χ2n) is 9.15. The minimum absolute atomic E-state index is 0.0138. The standard InChI is InChI=1S/C25H30ClN3O6S/c1-34-21-12-16-6-11-29(15-17(16)13-22(21)35-2)24(31)25(7-9-27-10-8-25)28-23(30)19-5-4-18(14-20(19)26)36(3,32)33/h4-5,12-14,27H,6-11,15H2,1-3H3,(H,28,30). The molecule has 1 fully saturated rings. The fourth-order valence-corrected chi connectivity index (χ4v) is 5.78. The third-order valence-corrected chi connectivity index (χ3v) is 8.26. The fraction of sp³-hybridized carbons (Fsp3) is 0.440. The number of sulfone groups is 1. The molecule has 2 aliphatic heterocycles. The first-order valence-corrected chi connectivity index (χ1v) is 13.9. The predicted octanol–water partition coefficient (Wildman–Crippen LogP) is 2.20. The molecule has 194 valence electrons. The number of ether oxygens (including phenoxy) is 2. The molecular weight excluding hydrogens is 506 g/mol. The van der Waals surface area contributed by atoms with Gasteiger partial charge in [-0.25, -0.2) is 8.42 Å². The highest BCUT2D eigenvalue weighted by molar-refractivity contribution is 7.90. The summed E-state index contributed by atoms with van der Waals surface area (Å²) in [7, 11) is -0.308. The Morgan fingerprint density at radius 2 is 1.69 bits per heavy atom. The molecule has 2 aromatic rings. The zero-order chi connectivity index (χ0) is 26.1. The SMILES string of the molecule is COc1cc2c(cc1OC)CN(C(=O)C1(NC(=O)c3ccc(S(C)(=O)=O)cc3Cl)CCNCC1)CC2. The smallest absolute Gasteiger partial charge is 0.253 e. The van der Waals surface area contributed by atoms with Gasteiger partial charge in [0.2, 0.25) is 5.91 Å². The maximum absolute atomic E-state index is 13.9. The number of hydrogen-bond acceptors (Lipinski definition) is 7. The third kappa shape index (κ3) is 5.16. The molecule has 11 heteroatoms. The molecule has 1 saturated heterocycles. The average molecular weight is 536 g/mol. The lowest BCUT2D eigenvalue weighted by atomic mass is 9.85.